The summed E-state index contributed by atoms with van der Waals surface area (Å²) in [6, 6.07) is 0. The first-order valence-corrected chi connectivity index (χ1v) is 5.62. The molecular formula is C11H20N4O2. The Morgan fingerprint density at radius 3 is 2.82 bits per heavy atom. The highest BCUT2D eigenvalue weighted by Gasteiger charge is 2.06. The van der Waals surface area contributed by atoms with Crippen LogP contribution < -0.4 is 10.6 Å². The average molecular weight is 240 g/mol. The highest BCUT2D eigenvalue weighted by molar-refractivity contribution is 5.77. The van der Waals surface area contributed by atoms with Gasteiger partial charge in [0.2, 0.25) is 5.91 Å². The van der Waals surface area contributed by atoms with E-state index in [1.807, 2.05) is 13.8 Å². The van der Waals surface area contributed by atoms with Gasteiger partial charge in [0.15, 0.2) is 0 Å². The lowest BCUT2D eigenvalue weighted by Gasteiger charge is -2.06. The number of H-pyrrole nitrogens is 1. The van der Waals surface area contributed by atoms with Gasteiger partial charge in [-0.2, -0.15) is 5.10 Å². The van der Waals surface area contributed by atoms with E-state index in [0.717, 1.165) is 17.0 Å². The van der Waals surface area contributed by atoms with Gasteiger partial charge in [0, 0.05) is 31.5 Å². The molecule has 0 bridgehead atoms. The lowest BCUT2D eigenvalue weighted by Crippen LogP contribution is -2.35. The van der Waals surface area contributed by atoms with Gasteiger partial charge in [0.25, 0.3) is 0 Å². The van der Waals surface area contributed by atoms with Gasteiger partial charge in [0.05, 0.1) is 18.8 Å². The van der Waals surface area contributed by atoms with Crippen molar-refractivity contribution in [1.29, 1.82) is 0 Å². The van der Waals surface area contributed by atoms with Gasteiger partial charge in [-0.25, -0.2) is 0 Å². The molecule has 6 nitrogen and oxygen atoms in total. The number of rotatable bonds is 7. The molecule has 1 amide bonds. The number of aromatic nitrogens is 2. The van der Waals surface area contributed by atoms with Crippen LogP contribution in [0.5, 0.6) is 0 Å². The van der Waals surface area contributed by atoms with Crippen LogP contribution in [0.25, 0.3) is 0 Å². The molecule has 1 heterocycles. The van der Waals surface area contributed by atoms with Gasteiger partial charge in [-0.05, 0) is 13.8 Å². The van der Waals surface area contributed by atoms with Gasteiger partial charge in [-0.1, -0.05) is 0 Å². The summed E-state index contributed by atoms with van der Waals surface area (Å²) >= 11 is 0. The van der Waals surface area contributed by atoms with E-state index in [-0.39, 0.29) is 5.91 Å². The number of carbonyl (C=O) groups excluding carboxylic acids is 1. The molecule has 1 aromatic heterocycles. The van der Waals surface area contributed by atoms with Crippen molar-refractivity contribution in [3.8, 4) is 0 Å². The smallest absolute Gasteiger partial charge is 0.234 e. The SMILES string of the molecule is COCCNC(=O)CNCc1c(C)n[nH]c1C. The summed E-state index contributed by atoms with van der Waals surface area (Å²) < 4.78 is 4.84. The number of aromatic amines is 1. The van der Waals surface area contributed by atoms with Crippen LogP contribution in [0.2, 0.25) is 0 Å². The lowest BCUT2D eigenvalue weighted by molar-refractivity contribution is -0.120. The van der Waals surface area contributed by atoms with Crippen LogP contribution in [-0.2, 0) is 16.1 Å². The summed E-state index contributed by atoms with van der Waals surface area (Å²) in [7, 11) is 1.61. The number of ether oxygens (including phenoxy) is 1. The fraction of sp³-hybridized carbons (Fsp3) is 0.636. The molecule has 0 aliphatic rings. The highest BCUT2D eigenvalue weighted by Crippen LogP contribution is 2.07. The summed E-state index contributed by atoms with van der Waals surface area (Å²) in [5, 5.41) is 12.8. The second-order valence-electron chi connectivity index (χ2n) is 3.86. The molecule has 0 saturated carbocycles. The minimum absolute atomic E-state index is 0.0270. The van der Waals surface area contributed by atoms with Gasteiger partial charge in [-0.15, -0.1) is 0 Å². The van der Waals surface area contributed by atoms with Crippen molar-refractivity contribution in [1.82, 2.24) is 20.8 Å². The van der Waals surface area contributed by atoms with Crippen LogP contribution in [0.1, 0.15) is 17.0 Å². The molecule has 0 aromatic carbocycles. The van der Waals surface area contributed by atoms with Crippen LogP contribution in [0, 0.1) is 13.8 Å². The molecule has 0 radical (unpaired) electrons. The van der Waals surface area contributed by atoms with Gasteiger partial charge < -0.3 is 15.4 Å². The Morgan fingerprint density at radius 1 is 1.47 bits per heavy atom. The second-order valence-corrected chi connectivity index (χ2v) is 3.86. The van der Waals surface area contributed by atoms with E-state index in [9.17, 15) is 4.79 Å². The van der Waals surface area contributed by atoms with Crippen molar-refractivity contribution in [2.75, 3.05) is 26.8 Å². The molecular weight excluding hydrogens is 220 g/mol. The first-order valence-electron chi connectivity index (χ1n) is 5.62. The molecule has 0 aliphatic heterocycles. The maximum Gasteiger partial charge on any atom is 0.234 e. The Labute approximate surface area is 101 Å². The van der Waals surface area contributed by atoms with Crippen LogP contribution in [-0.4, -0.2) is 42.9 Å². The minimum Gasteiger partial charge on any atom is -0.383 e. The fourth-order valence-corrected chi connectivity index (χ4v) is 1.49. The summed E-state index contributed by atoms with van der Waals surface area (Å²) in [5.41, 5.74) is 3.12. The molecule has 0 saturated heterocycles. The molecule has 0 fully saturated rings. The minimum atomic E-state index is -0.0270. The Hall–Kier alpha value is -1.40. The number of hydrogen-bond donors (Lipinski definition) is 3. The number of nitrogens with zero attached hydrogens (tertiary/aromatic N) is 1. The van der Waals surface area contributed by atoms with Crippen molar-refractivity contribution in [3.05, 3.63) is 17.0 Å². The lowest BCUT2D eigenvalue weighted by atomic mass is 10.2. The van der Waals surface area contributed by atoms with E-state index in [1.54, 1.807) is 7.11 Å². The molecule has 6 heteroatoms. The summed E-state index contributed by atoms with van der Waals surface area (Å²) in [4.78, 5) is 11.4. The van der Waals surface area contributed by atoms with Crippen molar-refractivity contribution >= 4 is 5.91 Å². The number of nitrogens with one attached hydrogen (secondary N) is 3. The second kappa shape index (κ2) is 7.03. The van der Waals surface area contributed by atoms with E-state index in [0.29, 0.717) is 26.2 Å². The third-order valence-corrected chi connectivity index (χ3v) is 2.50. The fourth-order valence-electron chi connectivity index (χ4n) is 1.49. The van der Waals surface area contributed by atoms with Crippen molar-refractivity contribution in [3.63, 3.8) is 0 Å². The molecule has 17 heavy (non-hydrogen) atoms. The molecule has 0 spiro atoms. The maximum absolute atomic E-state index is 11.4. The molecule has 0 aliphatic carbocycles. The molecule has 1 rings (SSSR count). The normalized spacial score (nSPS) is 10.5. The third kappa shape index (κ3) is 4.54. The number of hydrogen-bond acceptors (Lipinski definition) is 4. The van der Waals surface area contributed by atoms with Gasteiger partial charge >= 0.3 is 0 Å². The topological polar surface area (TPSA) is 79.0 Å². The molecule has 96 valence electrons. The van der Waals surface area contributed by atoms with Crippen LogP contribution >= 0.6 is 0 Å². The number of aryl methyl sites for hydroxylation is 2. The largest absolute Gasteiger partial charge is 0.383 e. The number of carbonyl (C=O) groups is 1. The van der Waals surface area contributed by atoms with E-state index in [4.69, 9.17) is 4.74 Å². The molecule has 1 aromatic rings. The molecule has 3 N–H and O–H groups in total. The molecule has 0 unspecified atom stereocenters. The standard InChI is InChI=1S/C11H20N4O2/c1-8-10(9(2)15-14-8)6-12-7-11(16)13-4-5-17-3/h12H,4-7H2,1-3H3,(H,13,16)(H,14,15). The van der Waals surface area contributed by atoms with Gasteiger partial charge in [-0.3, -0.25) is 9.89 Å². The Balaban J connectivity index is 2.21. The molecule has 0 atom stereocenters. The van der Waals surface area contributed by atoms with Crippen LogP contribution in [0.4, 0.5) is 0 Å². The van der Waals surface area contributed by atoms with E-state index >= 15 is 0 Å². The monoisotopic (exact) mass is 240 g/mol. The van der Waals surface area contributed by atoms with Crippen molar-refractivity contribution < 1.29 is 9.53 Å². The Morgan fingerprint density at radius 2 is 2.24 bits per heavy atom. The first-order chi connectivity index (χ1) is 8.15. The summed E-state index contributed by atoms with van der Waals surface area (Å²) in [6.45, 7) is 5.93. The zero-order valence-electron chi connectivity index (χ0n) is 10.6. The predicted octanol–water partition coefficient (Wildman–Crippen LogP) is -0.121. The number of amides is 1. The van der Waals surface area contributed by atoms with Crippen molar-refractivity contribution in [2.24, 2.45) is 0 Å². The first kappa shape index (κ1) is 13.7. The van der Waals surface area contributed by atoms with Gasteiger partial charge in [0.1, 0.15) is 0 Å². The van der Waals surface area contributed by atoms with E-state index in [2.05, 4.69) is 20.8 Å². The van der Waals surface area contributed by atoms with Crippen LogP contribution in [0.15, 0.2) is 0 Å². The summed E-state index contributed by atoms with van der Waals surface area (Å²) in [6.07, 6.45) is 0. The highest BCUT2D eigenvalue weighted by atomic mass is 16.5. The predicted molar refractivity (Wildman–Crippen MR) is 64.7 cm³/mol. The zero-order valence-corrected chi connectivity index (χ0v) is 10.6. The Kier molecular flexibility index (Phi) is 5.65. The Bertz CT molecular complexity index is 343. The van der Waals surface area contributed by atoms with E-state index in [1.165, 1.54) is 0 Å². The maximum atomic E-state index is 11.4. The van der Waals surface area contributed by atoms with Crippen molar-refractivity contribution in [2.45, 2.75) is 20.4 Å². The third-order valence-electron chi connectivity index (χ3n) is 2.50. The zero-order chi connectivity index (χ0) is 12.7. The quantitative estimate of drug-likeness (QED) is 0.581. The van der Waals surface area contributed by atoms with E-state index < -0.39 is 0 Å². The van der Waals surface area contributed by atoms with Crippen LogP contribution in [0.3, 0.4) is 0 Å². The summed E-state index contributed by atoms with van der Waals surface area (Å²) in [5.74, 6) is -0.0270. The number of methoxy groups -OCH3 is 1. The average Bonchev–Trinajstić information content (AvgIpc) is 2.61.